The standard InChI is InChI=1S/C26H23NO4S/c1-16-8-11-20(12-9-16)32(30,31)27-23-15-17(2)14-18(3)24(23)25-21-7-5-4-6-19(21)10-13-22(25)26(28)29/h4-15,27H,1-3H3,(H,28,29). The minimum absolute atomic E-state index is 0.117. The van der Waals surface area contributed by atoms with Crippen molar-refractivity contribution in [1.29, 1.82) is 0 Å². The van der Waals surface area contributed by atoms with E-state index in [1.807, 2.05) is 51.1 Å². The Kier molecular flexibility index (Phi) is 5.48. The van der Waals surface area contributed by atoms with Crippen LogP contribution in [0.1, 0.15) is 27.0 Å². The van der Waals surface area contributed by atoms with Gasteiger partial charge in [-0.05, 0) is 66.9 Å². The molecule has 0 amide bonds. The Bertz CT molecular complexity index is 1460. The Morgan fingerprint density at radius 2 is 1.50 bits per heavy atom. The first-order chi connectivity index (χ1) is 15.2. The number of rotatable bonds is 5. The number of sulfonamides is 1. The Morgan fingerprint density at radius 3 is 2.19 bits per heavy atom. The van der Waals surface area contributed by atoms with Gasteiger partial charge in [0.25, 0.3) is 10.0 Å². The average Bonchev–Trinajstić information content (AvgIpc) is 2.73. The number of aromatic carboxylic acids is 1. The van der Waals surface area contributed by atoms with E-state index in [2.05, 4.69) is 4.72 Å². The molecule has 0 aliphatic heterocycles. The third kappa shape index (κ3) is 3.97. The molecule has 0 aromatic heterocycles. The first-order valence-corrected chi connectivity index (χ1v) is 11.6. The molecule has 162 valence electrons. The highest BCUT2D eigenvalue weighted by Gasteiger charge is 2.23. The minimum atomic E-state index is -3.88. The normalized spacial score (nSPS) is 11.5. The van der Waals surface area contributed by atoms with E-state index in [9.17, 15) is 18.3 Å². The van der Waals surface area contributed by atoms with Crippen LogP contribution in [-0.4, -0.2) is 19.5 Å². The first kappa shape index (κ1) is 21.6. The maximum Gasteiger partial charge on any atom is 0.336 e. The molecule has 4 aromatic rings. The smallest absolute Gasteiger partial charge is 0.336 e. The van der Waals surface area contributed by atoms with E-state index >= 15 is 0 Å². The Hall–Kier alpha value is -3.64. The summed E-state index contributed by atoms with van der Waals surface area (Å²) < 4.78 is 29.1. The van der Waals surface area contributed by atoms with E-state index in [4.69, 9.17) is 0 Å². The van der Waals surface area contributed by atoms with Gasteiger partial charge in [-0.1, -0.05) is 54.1 Å². The quantitative estimate of drug-likeness (QED) is 0.399. The molecule has 0 aliphatic rings. The molecule has 0 aliphatic carbocycles. The van der Waals surface area contributed by atoms with Crippen molar-refractivity contribution in [3.05, 3.63) is 95.1 Å². The van der Waals surface area contributed by atoms with Gasteiger partial charge in [0.2, 0.25) is 0 Å². The molecule has 0 radical (unpaired) electrons. The highest BCUT2D eigenvalue weighted by molar-refractivity contribution is 7.92. The van der Waals surface area contributed by atoms with Crippen LogP contribution in [0.4, 0.5) is 5.69 Å². The van der Waals surface area contributed by atoms with Crippen LogP contribution in [0.25, 0.3) is 21.9 Å². The number of benzene rings is 4. The van der Waals surface area contributed by atoms with Crippen LogP contribution in [-0.2, 0) is 10.0 Å². The molecule has 0 heterocycles. The van der Waals surface area contributed by atoms with Gasteiger partial charge in [-0.2, -0.15) is 0 Å². The summed E-state index contributed by atoms with van der Waals surface area (Å²) in [6.07, 6.45) is 0. The van der Waals surface area contributed by atoms with E-state index in [1.165, 1.54) is 0 Å². The van der Waals surface area contributed by atoms with Crippen molar-refractivity contribution in [3.63, 3.8) is 0 Å². The van der Waals surface area contributed by atoms with E-state index in [0.29, 0.717) is 16.8 Å². The van der Waals surface area contributed by atoms with Gasteiger partial charge >= 0.3 is 5.97 Å². The molecular formula is C26H23NO4S. The number of nitrogens with one attached hydrogen (secondary N) is 1. The number of carboxylic acid groups (broad SMARTS) is 1. The lowest BCUT2D eigenvalue weighted by atomic mass is 9.89. The van der Waals surface area contributed by atoms with Gasteiger partial charge < -0.3 is 5.11 Å². The monoisotopic (exact) mass is 445 g/mol. The first-order valence-electron chi connectivity index (χ1n) is 10.1. The van der Waals surface area contributed by atoms with Crippen LogP contribution in [0.3, 0.4) is 0 Å². The van der Waals surface area contributed by atoms with Gasteiger partial charge in [0.05, 0.1) is 16.1 Å². The summed E-state index contributed by atoms with van der Waals surface area (Å²) in [6.45, 7) is 5.63. The molecule has 0 atom stereocenters. The second-order valence-electron chi connectivity index (χ2n) is 7.94. The number of anilines is 1. The van der Waals surface area contributed by atoms with E-state index in [0.717, 1.165) is 27.5 Å². The van der Waals surface area contributed by atoms with Crippen molar-refractivity contribution in [2.24, 2.45) is 0 Å². The molecule has 5 nitrogen and oxygen atoms in total. The number of hydrogen-bond acceptors (Lipinski definition) is 3. The molecule has 0 fully saturated rings. The highest BCUT2D eigenvalue weighted by Crippen LogP contribution is 2.40. The fraction of sp³-hybridized carbons (Fsp3) is 0.115. The van der Waals surface area contributed by atoms with E-state index in [1.54, 1.807) is 42.5 Å². The fourth-order valence-electron chi connectivity index (χ4n) is 4.02. The van der Waals surface area contributed by atoms with Crippen LogP contribution in [0.5, 0.6) is 0 Å². The third-order valence-electron chi connectivity index (χ3n) is 5.46. The predicted octanol–water partition coefficient (Wildman–Crippen LogP) is 5.93. The third-order valence-corrected chi connectivity index (χ3v) is 6.85. The van der Waals surface area contributed by atoms with Crippen molar-refractivity contribution in [2.75, 3.05) is 4.72 Å². The zero-order valence-corrected chi connectivity index (χ0v) is 18.8. The summed E-state index contributed by atoms with van der Waals surface area (Å²) in [6, 6.07) is 21.1. The number of carbonyl (C=O) groups is 1. The lowest BCUT2D eigenvalue weighted by Gasteiger charge is -2.19. The summed E-state index contributed by atoms with van der Waals surface area (Å²) in [5.41, 5.74) is 4.12. The van der Waals surface area contributed by atoms with Crippen LogP contribution < -0.4 is 4.72 Å². The van der Waals surface area contributed by atoms with Gasteiger partial charge in [-0.15, -0.1) is 0 Å². The zero-order chi connectivity index (χ0) is 23.0. The van der Waals surface area contributed by atoms with E-state index < -0.39 is 16.0 Å². The Morgan fingerprint density at radius 1 is 0.812 bits per heavy atom. The molecular weight excluding hydrogens is 422 g/mol. The topological polar surface area (TPSA) is 83.5 Å². The molecule has 32 heavy (non-hydrogen) atoms. The van der Waals surface area contributed by atoms with Crippen molar-refractivity contribution < 1.29 is 18.3 Å². The van der Waals surface area contributed by atoms with Crippen molar-refractivity contribution in [1.82, 2.24) is 0 Å². The molecule has 4 aromatic carbocycles. The summed E-state index contributed by atoms with van der Waals surface area (Å²) in [4.78, 5) is 12.3. The van der Waals surface area contributed by atoms with Crippen molar-refractivity contribution in [2.45, 2.75) is 25.7 Å². The molecule has 2 N–H and O–H groups in total. The van der Waals surface area contributed by atoms with Gasteiger partial charge in [-0.25, -0.2) is 13.2 Å². The molecule has 6 heteroatoms. The highest BCUT2D eigenvalue weighted by atomic mass is 32.2. The number of aryl methyl sites for hydroxylation is 3. The summed E-state index contributed by atoms with van der Waals surface area (Å²) in [5.74, 6) is -1.07. The largest absolute Gasteiger partial charge is 0.478 e. The summed E-state index contributed by atoms with van der Waals surface area (Å²) >= 11 is 0. The molecule has 4 rings (SSSR count). The van der Waals surface area contributed by atoms with Crippen molar-refractivity contribution >= 4 is 32.5 Å². The fourth-order valence-corrected chi connectivity index (χ4v) is 5.08. The lowest BCUT2D eigenvalue weighted by molar-refractivity contribution is 0.0698. The van der Waals surface area contributed by atoms with Gasteiger partial charge in [0.1, 0.15) is 0 Å². The van der Waals surface area contributed by atoms with Crippen LogP contribution in [0, 0.1) is 20.8 Å². The predicted molar refractivity (Wildman–Crippen MR) is 128 cm³/mol. The van der Waals surface area contributed by atoms with E-state index in [-0.39, 0.29) is 10.5 Å². The zero-order valence-electron chi connectivity index (χ0n) is 18.0. The minimum Gasteiger partial charge on any atom is -0.478 e. The SMILES string of the molecule is Cc1ccc(S(=O)(=O)Nc2cc(C)cc(C)c2-c2c(C(=O)O)ccc3ccccc23)cc1. The molecule has 0 spiro atoms. The molecule has 0 saturated carbocycles. The molecule has 0 saturated heterocycles. The maximum absolute atomic E-state index is 13.2. The van der Waals surface area contributed by atoms with Crippen molar-refractivity contribution in [3.8, 4) is 11.1 Å². The Labute approximate surface area is 187 Å². The van der Waals surface area contributed by atoms with Crippen LogP contribution >= 0.6 is 0 Å². The van der Waals surface area contributed by atoms with Crippen LogP contribution in [0.2, 0.25) is 0 Å². The van der Waals surface area contributed by atoms with Gasteiger partial charge in [0, 0.05) is 11.1 Å². The van der Waals surface area contributed by atoms with Gasteiger partial charge in [-0.3, -0.25) is 4.72 Å². The number of fused-ring (bicyclic) bond motifs is 1. The summed E-state index contributed by atoms with van der Waals surface area (Å²) in [7, 11) is -3.88. The molecule has 0 unspecified atom stereocenters. The Balaban J connectivity index is 1.99. The average molecular weight is 446 g/mol. The number of hydrogen-bond donors (Lipinski definition) is 2. The second kappa shape index (κ2) is 8.13. The maximum atomic E-state index is 13.2. The summed E-state index contributed by atoms with van der Waals surface area (Å²) in [5, 5.41) is 11.5. The number of carboxylic acids is 1. The van der Waals surface area contributed by atoms with Gasteiger partial charge in [0.15, 0.2) is 0 Å². The lowest BCUT2D eigenvalue weighted by Crippen LogP contribution is -2.14. The molecule has 0 bridgehead atoms. The second-order valence-corrected chi connectivity index (χ2v) is 9.62. The van der Waals surface area contributed by atoms with Crippen LogP contribution in [0.15, 0.2) is 77.7 Å².